The van der Waals surface area contributed by atoms with Gasteiger partial charge in [0, 0.05) is 15.8 Å². The van der Waals surface area contributed by atoms with Crippen molar-refractivity contribution in [3.63, 3.8) is 0 Å². The number of rotatable bonds is 3. The minimum atomic E-state index is -0.886. The minimum absolute atomic E-state index is 0.334. The third kappa shape index (κ3) is 2.36. The van der Waals surface area contributed by atoms with E-state index in [-0.39, 0.29) is 0 Å². The maximum atomic E-state index is 11.1. The van der Waals surface area contributed by atoms with Crippen LogP contribution in [-0.4, -0.2) is 15.6 Å². The lowest BCUT2D eigenvalue weighted by atomic mass is 10.1. The van der Waals surface area contributed by atoms with Crippen molar-refractivity contribution in [3.05, 3.63) is 45.7 Å². The van der Waals surface area contributed by atoms with Crippen LogP contribution in [0.2, 0.25) is 0 Å². The zero-order chi connectivity index (χ0) is 12.4. The van der Waals surface area contributed by atoms with Crippen LogP contribution in [0, 0.1) is 3.57 Å². The summed E-state index contributed by atoms with van der Waals surface area (Å²) >= 11 is 2.25. The summed E-state index contributed by atoms with van der Waals surface area (Å²) in [6.07, 6.45) is 0. The third-order valence-electron chi connectivity index (χ3n) is 2.66. The summed E-state index contributed by atoms with van der Waals surface area (Å²) in [7, 11) is 0. The van der Waals surface area contributed by atoms with Crippen LogP contribution in [0.3, 0.4) is 0 Å². The monoisotopic (exact) mass is 341 g/mol. The Kier molecular flexibility index (Phi) is 3.51. The maximum Gasteiger partial charge on any atom is 0.352 e. The Labute approximate surface area is 113 Å². The van der Waals surface area contributed by atoms with Crippen molar-refractivity contribution in [2.45, 2.75) is 13.5 Å². The molecule has 0 unspecified atom stereocenters. The molecule has 1 heterocycles. The van der Waals surface area contributed by atoms with E-state index in [1.807, 2.05) is 41.8 Å². The molecule has 17 heavy (non-hydrogen) atoms. The fourth-order valence-corrected chi connectivity index (χ4v) is 2.23. The van der Waals surface area contributed by atoms with Gasteiger partial charge in [-0.1, -0.05) is 12.1 Å². The van der Waals surface area contributed by atoms with E-state index in [9.17, 15) is 4.79 Å². The number of halogens is 1. The lowest BCUT2D eigenvalue weighted by Crippen LogP contribution is -2.08. The predicted octanol–water partition coefficient (Wildman–Crippen LogP) is 3.48. The van der Waals surface area contributed by atoms with Crippen LogP contribution in [-0.2, 0) is 6.54 Å². The second kappa shape index (κ2) is 4.91. The average Bonchev–Trinajstić information content (AvgIpc) is 2.73. The summed E-state index contributed by atoms with van der Waals surface area (Å²) in [6.45, 7) is 2.60. The van der Waals surface area contributed by atoms with E-state index in [1.54, 1.807) is 6.07 Å². The minimum Gasteiger partial charge on any atom is -0.477 e. The van der Waals surface area contributed by atoms with E-state index < -0.39 is 5.97 Å². The van der Waals surface area contributed by atoms with Crippen molar-refractivity contribution in [2.75, 3.05) is 0 Å². The lowest BCUT2D eigenvalue weighted by Gasteiger charge is -2.09. The molecule has 0 aliphatic heterocycles. The normalized spacial score (nSPS) is 10.5. The molecule has 0 atom stereocenters. The van der Waals surface area contributed by atoms with Crippen LogP contribution >= 0.6 is 22.6 Å². The van der Waals surface area contributed by atoms with Crippen molar-refractivity contribution < 1.29 is 9.90 Å². The molecule has 0 spiro atoms. The molecule has 3 nitrogen and oxygen atoms in total. The van der Waals surface area contributed by atoms with E-state index in [1.165, 1.54) is 3.57 Å². The number of carboxylic acids is 1. The SMILES string of the molecule is CCn1c(C(=O)O)ccc1-c1ccc(I)cc1. The van der Waals surface area contributed by atoms with Gasteiger partial charge in [-0.3, -0.25) is 0 Å². The van der Waals surface area contributed by atoms with E-state index in [0.29, 0.717) is 12.2 Å². The summed E-state index contributed by atoms with van der Waals surface area (Å²) < 4.78 is 2.98. The van der Waals surface area contributed by atoms with Crippen LogP contribution in [0.1, 0.15) is 17.4 Å². The van der Waals surface area contributed by atoms with Crippen LogP contribution in [0.15, 0.2) is 36.4 Å². The maximum absolute atomic E-state index is 11.1. The molecular weight excluding hydrogens is 329 g/mol. The van der Waals surface area contributed by atoms with Gasteiger partial charge >= 0.3 is 5.97 Å². The van der Waals surface area contributed by atoms with Crippen LogP contribution < -0.4 is 0 Å². The number of hydrogen-bond acceptors (Lipinski definition) is 1. The molecule has 4 heteroatoms. The van der Waals surface area contributed by atoms with Gasteiger partial charge in [0.05, 0.1) is 0 Å². The Morgan fingerprint density at radius 1 is 1.24 bits per heavy atom. The number of carbonyl (C=O) groups is 1. The van der Waals surface area contributed by atoms with E-state index in [2.05, 4.69) is 22.6 Å². The first-order valence-corrected chi connectivity index (χ1v) is 6.40. The van der Waals surface area contributed by atoms with E-state index in [0.717, 1.165) is 11.3 Å². The van der Waals surface area contributed by atoms with E-state index in [4.69, 9.17) is 5.11 Å². The molecule has 0 radical (unpaired) electrons. The number of carboxylic acid groups (broad SMARTS) is 1. The van der Waals surface area contributed by atoms with E-state index >= 15 is 0 Å². The molecule has 88 valence electrons. The number of aromatic nitrogens is 1. The highest BCUT2D eigenvalue weighted by molar-refractivity contribution is 14.1. The molecule has 2 rings (SSSR count). The molecule has 1 aromatic heterocycles. The quantitative estimate of drug-likeness (QED) is 0.869. The Hall–Kier alpha value is -1.30. The van der Waals surface area contributed by atoms with Crippen molar-refractivity contribution >= 4 is 28.6 Å². The number of benzene rings is 1. The number of aromatic carboxylic acids is 1. The highest BCUT2D eigenvalue weighted by atomic mass is 127. The molecular formula is C13H12INO2. The molecule has 0 bridgehead atoms. The first-order chi connectivity index (χ1) is 8.13. The molecule has 0 aliphatic carbocycles. The largest absolute Gasteiger partial charge is 0.477 e. The summed E-state index contributed by atoms with van der Waals surface area (Å²) in [5.41, 5.74) is 2.32. The fourth-order valence-electron chi connectivity index (χ4n) is 1.87. The molecule has 0 saturated heterocycles. The third-order valence-corrected chi connectivity index (χ3v) is 3.38. The van der Waals surface area contributed by atoms with Crippen molar-refractivity contribution in [1.82, 2.24) is 4.57 Å². The zero-order valence-electron chi connectivity index (χ0n) is 9.35. The summed E-state index contributed by atoms with van der Waals surface area (Å²) in [5, 5.41) is 9.08. The van der Waals surface area contributed by atoms with Gasteiger partial charge in [-0.05, 0) is 59.3 Å². The van der Waals surface area contributed by atoms with Crippen molar-refractivity contribution in [1.29, 1.82) is 0 Å². The van der Waals surface area contributed by atoms with Crippen LogP contribution in [0.25, 0.3) is 11.3 Å². The van der Waals surface area contributed by atoms with Crippen molar-refractivity contribution in [3.8, 4) is 11.3 Å². The average molecular weight is 341 g/mol. The summed E-state index contributed by atoms with van der Waals surface area (Å²) in [5.74, 6) is -0.886. The van der Waals surface area contributed by atoms with Crippen LogP contribution in [0.5, 0.6) is 0 Å². The number of hydrogen-bond donors (Lipinski definition) is 1. The summed E-state index contributed by atoms with van der Waals surface area (Å²) in [6, 6.07) is 11.6. The second-order valence-electron chi connectivity index (χ2n) is 3.66. The van der Waals surface area contributed by atoms with Gasteiger partial charge in [0.15, 0.2) is 0 Å². The summed E-state index contributed by atoms with van der Waals surface area (Å²) in [4.78, 5) is 11.1. The Bertz CT molecular complexity index is 543. The second-order valence-corrected chi connectivity index (χ2v) is 4.91. The van der Waals surface area contributed by atoms with Gasteiger partial charge in [-0.25, -0.2) is 4.79 Å². The number of nitrogens with zero attached hydrogens (tertiary/aromatic N) is 1. The molecule has 0 fully saturated rings. The Morgan fingerprint density at radius 3 is 2.41 bits per heavy atom. The molecule has 1 N–H and O–H groups in total. The van der Waals surface area contributed by atoms with Gasteiger partial charge in [-0.2, -0.15) is 0 Å². The molecule has 0 aliphatic rings. The first-order valence-electron chi connectivity index (χ1n) is 5.32. The standard InChI is InChI=1S/C13H12INO2/c1-2-15-11(7-8-12(15)13(16)17)9-3-5-10(14)6-4-9/h3-8H,2H2,1H3,(H,16,17). The highest BCUT2D eigenvalue weighted by Gasteiger charge is 2.13. The van der Waals surface area contributed by atoms with Gasteiger partial charge < -0.3 is 9.67 Å². The first kappa shape index (κ1) is 12.2. The van der Waals surface area contributed by atoms with Gasteiger partial charge in [-0.15, -0.1) is 0 Å². The van der Waals surface area contributed by atoms with Gasteiger partial charge in [0.25, 0.3) is 0 Å². The molecule has 0 saturated carbocycles. The van der Waals surface area contributed by atoms with Gasteiger partial charge in [0.2, 0.25) is 0 Å². The zero-order valence-corrected chi connectivity index (χ0v) is 11.5. The van der Waals surface area contributed by atoms with Gasteiger partial charge in [0.1, 0.15) is 5.69 Å². The van der Waals surface area contributed by atoms with Crippen LogP contribution in [0.4, 0.5) is 0 Å². The highest BCUT2D eigenvalue weighted by Crippen LogP contribution is 2.23. The van der Waals surface area contributed by atoms with Crippen molar-refractivity contribution in [2.24, 2.45) is 0 Å². The Morgan fingerprint density at radius 2 is 1.88 bits per heavy atom. The topological polar surface area (TPSA) is 42.2 Å². The smallest absolute Gasteiger partial charge is 0.352 e. The molecule has 0 amide bonds. The fraction of sp³-hybridized carbons (Fsp3) is 0.154. The lowest BCUT2D eigenvalue weighted by molar-refractivity contribution is 0.0685. The molecule has 2 aromatic rings. The Balaban J connectivity index is 2.52. The predicted molar refractivity (Wildman–Crippen MR) is 75.2 cm³/mol. The molecule has 1 aromatic carbocycles.